The molecule has 0 aliphatic rings. The van der Waals surface area contributed by atoms with Crippen LogP contribution in [0.3, 0.4) is 0 Å². The lowest BCUT2D eigenvalue weighted by Gasteiger charge is -2.07. The molecule has 4 heteroatoms. The van der Waals surface area contributed by atoms with E-state index in [-0.39, 0.29) is 11.6 Å². The van der Waals surface area contributed by atoms with Crippen molar-refractivity contribution in [2.75, 3.05) is 11.1 Å². The second-order valence-electron chi connectivity index (χ2n) is 4.06. The van der Waals surface area contributed by atoms with Crippen molar-refractivity contribution in [1.29, 1.82) is 0 Å². The predicted molar refractivity (Wildman–Crippen MR) is 69.9 cm³/mol. The highest BCUT2D eigenvalue weighted by Gasteiger charge is 2.09. The molecular weight excluding hydrogens is 231 g/mol. The van der Waals surface area contributed by atoms with Gasteiger partial charge in [-0.1, -0.05) is 12.1 Å². The minimum absolute atomic E-state index is 0.160. The molecule has 0 saturated heterocycles. The van der Waals surface area contributed by atoms with Crippen molar-refractivity contribution >= 4 is 17.3 Å². The zero-order valence-electron chi connectivity index (χ0n) is 9.91. The number of carbonyl (C=O) groups excluding carboxylic acids is 1. The third-order valence-electron chi connectivity index (χ3n) is 2.52. The molecule has 18 heavy (non-hydrogen) atoms. The van der Waals surface area contributed by atoms with E-state index in [1.807, 2.05) is 0 Å². The minimum Gasteiger partial charge on any atom is -0.399 e. The Kier molecular flexibility index (Phi) is 3.28. The molecule has 1 amide bonds. The van der Waals surface area contributed by atoms with Crippen LogP contribution in [0.5, 0.6) is 0 Å². The van der Waals surface area contributed by atoms with Gasteiger partial charge in [-0.3, -0.25) is 4.79 Å². The van der Waals surface area contributed by atoms with Crippen LogP contribution < -0.4 is 11.1 Å². The molecule has 3 nitrogen and oxygen atoms in total. The van der Waals surface area contributed by atoms with E-state index in [0.717, 1.165) is 5.56 Å². The summed E-state index contributed by atoms with van der Waals surface area (Å²) in [6.07, 6.45) is 0. The monoisotopic (exact) mass is 244 g/mol. The number of benzene rings is 2. The Bertz CT molecular complexity index is 596. The van der Waals surface area contributed by atoms with Crippen LogP contribution in [0.25, 0.3) is 0 Å². The number of carbonyl (C=O) groups is 1. The fourth-order valence-electron chi connectivity index (χ4n) is 1.60. The minimum atomic E-state index is -0.452. The van der Waals surface area contributed by atoms with Crippen molar-refractivity contribution in [3.63, 3.8) is 0 Å². The van der Waals surface area contributed by atoms with Crippen molar-refractivity contribution in [3.8, 4) is 0 Å². The van der Waals surface area contributed by atoms with Crippen molar-refractivity contribution in [2.24, 2.45) is 0 Å². The lowest BCUT2D eigenvalue weighted by atomic mass is 10.1. The SMILES string of the molecule is Cc1ccc(NC(=O)c2cccc(N)c2)c(F)c1. The van der Waals surface area contributed by atoms with Crippen LogP contribution in [0, 0.1) is 12.7 Å². The Morgan fingerprint density at radius 2 is 2.00 bits per heavy atom. The van der Waals surface area contributed by atoms with Gasteiger partial charge in [0.2, 0.25) is 0 Å². The fraction of sp³-hybridized carbons (Fsp3) is 0.0714. The third-order valence-corrected chi connectivity index (χ3v) is 2.52. The van der Waals surface area contributed by atoms with Crippen LogP contribution in [-0.2, 0) is 0 Å². The van der Waals surface area contributed by atoms with E-state index >= 15 is 0 Å². The summed E-state index contributed by atoms with van der Waals surface area (Å²) in [4.78, 5) is 11.9. The number of halogens is 1. The van der Waals surface area contributed by atoms with Gasteiger partial charge < -0.3 is 11.1 Å². The Morgan fingerprint density at radius 3 is 2.67 bits per heavy atom. The topological polar surface area (TPSA) is 55.1 Å². The zero-order chi connectivity index (χ0) is 13.1. The smallest absolute Gasteiger partial charge is 0.255 e. The molecule has 3 N–H and O–H groups in total. The van der Waals surface area contributed by atoms with Crippen LogP contribution >= 0.6 is 0 Å². The molecule has 0 aliphatic carbocycles. The van der Waals surface area contributed by atoms with Gasteiger partial charge in [0.25, 0.3) is 5.91 Å². The number of nitrogens with one attached hydrogen (secondary N) is 1. The average Bonchev–Trinajstić information content (AvgIpc) is 2.32. The average molecular weight is 244 g/mol. The molecule has 0 radical (unpaired) electrons. The number of hydrogen-bond donors (Lipinski definition) is 2. The van der Waals surface area contributed by atoms with Gasteiger partial charge in [-0.2, -0.15) is 0 Å². The van der Waals surface area contributed by atoms with Gasteiger partial charge in [0.15, 0.2) is 0 Å². The molecule has 0 saturated carbocycles. The summed E-state index contributed by atoms with van der Waals surface area (Å²) in [6, 6.07) is 11.2. The second kappa shape index (κ2) is 4.87. The van der Waals surface area contributed by atoms with Gasteiger partial charge in [-0.15, -0.1) is 0 Å². The second-order valence-corrected chi connectivity index (χ2v) is 4.06. The molecule has 92 valence electrons. The third kappa shape index (κ3) is 2.66. The molecule has 2 aromatic carbocycles. The van der Waals surface area contributed by atoms with Gasteiger partial charge in [0.1, 0.15) is 5.82 Å². The Labute approximate surface area is 104 Å². The molecule has 0 aliphatic heterocycles. The van der Waals surface area contributed by atoms with Crippen molar-refractivity contribution in [1.82, 2.24) is 0 Å². The van der Waals surface area contributed by atoms with Gasteiger partial charge in [0, 0.05) is 11.3 Å². The highest BCUT2D eigenvalue weighted by atomic mass is 19.1. The van der Waals surface area contributed by atoms with E-state index in [2.05, 4.69) is 5.32 Å². The molecule has 0 atom stereocenters. The molecule has 0 spiro atoms. The summed E-state index contributed by atoms with van der Waals surface area (Å²) >= 11 is 0. The highest BCUT2D eigenvalue weighted by Crippen LogP contribution is 2.17. The Balaban J connectivity index is 2.21. The lowest BCUT2D eigenvalue weighted by molar-refractivity contribution is 0.102. The quantitative estimate of drug-likeness (QED) is 0.798. The first-order valence-corrected chi connectivity index (χ1v) is 5.49. The summed E-state index contributed by atoms with van der Waals surface area (Å²) < 4.78 is 13.6. The predicted octanol–water partition coefficient (Wildman–Crippen LogP) is 2.97. The molecule has 0 fully saturated rings. The molecule has 0 heterocycles. The summed E-state index contributed by atoms with van der Waals surface area (Å²) in [5.74, 6) is -0.836. The molecule has 2 aromatic rings. The zero-order valence-corrected chi connectivity index (χ0v) is 9.91. The first-order chi connectivity index (χ1) is 8.56. The van der Waals surface area contributed by atoms with Gasteiger partial charge in [-0.05, 0) is 42.8 Å². The first-order valence-electron chi connectivity index (χ1n) is 5.49. The molecule has 0 aromatic heterocycles. The van der Waals surface area contributed by atoms with Crippen LogP contribution in [0.4, 0.5) is 15.8 Å². The van der Waals surface area contributed by atoms with E-state index in [0.29, 0.717) is 11.3 Å². The van der Waals surface area contributed by atoms with Crippen LogP contribution in [0.1, 0.15) is 15.9 Å². The van der Waals surface area contributed by atoms with Crippen LogP contribution in [0.2, 0.25) is 0 Å². The maximum Gasteiger partial charge on any atom is 0.255 e. The van der Waals surface area contributed by atoms with E-state index in [4.69, 9.17) is 5.73 Å². The number of aryl methyl sites for hydroxylation is 1. The summed E-state index contributed by atoms with van der Waals surface area (Å²) in [5, 5.41) is 2.51. The number of anilines is 2. The fourth-order valence-corrected chi connectivity index (χ4v) is 1.60. The largest absolute Gasteiger partial charge is 0.399 e. The van der Waals surface area contributed by atoms with Crippen LogP contribution in [0.15, 0.2) is 42.5 Å². The van der Waals surface area contributed by atoms with Crippen LogP contribution in [-0.4, -0.2) is 5.91 Å². The number of amides is 1. The summed E-state index contributed by atoms with van der Waals surface area (Å²) in [7, 11) is 0. The van der Waals surface area contributed by atoms with E-state index in [1.165, 1.54) is 12.1 Å². The first kappa shape index (κ1) is 12.1. The number of nitrogens with two attached hydrogens (primary N) is 1. The summed E-state index contributed by atoms with van der Waals surface area (Å²) in [6.45, 7) is 1.78. The van der Waals surface area contributed by atoms with Gasteiger partial charge in [0.05, 0.1) is 5.69 Å². The molecule has 0 bridgehead atoms. The normalized spacial score (nSPS) is 10.1. The van der Waals surface area contributed by atoms with Crippen molar-refractivity contribution in [2.45, 2.75) is 6.92 Å². The molecule has 0 unspecified atom stereocenters. The highest BCUT2D eigenvalue weighted by molar-refractivity contribution is 6.04. The Morgan fingerprint density at radius 1 is 1.22 bits per heavy atom. The van der Waals surface area contributed by atoms with Gasteiger partial charge in [-0.25, -0.2) is 4.39 Å². The number of hydrogen-bond acceptors (Lipinski definition) is 2. The number of nitrogen functional groups attached to an aromatic ring is 1. The van der Waals surface area contributed by atoms with E-state index in [9.17, 15) is 9.18 Å². The number of rotatable bonds is 2. The standard InChI is InChI=1S/C14H13FN2O/c1-9-5-6-13(12(15)7-9)17-14(18)10-3-2-4-11(16)8-10/h2-8H,16H2,1H3,(H,17,18). The molecular formula is C14H13FN2O. The maximum atomic E-state index is 13.6. The summed E-state index contributed by atoms with van der Waals surface area (Å²) in [5.41, 5.74) is 7.44. The van der Waals surface area contributed by atoms with E-state index in [1.54, 1.807) is 37.3 Å². The van der Waals surface area contributed by atoms with E-state index < -0.39 is 5.82 Å². The van der Waals surface area contributed by atoms with Crippen molar-refractivity contribution < 1.29 is 9.18 Å². The maximum absolute atomic E-state index is 13.6. The van der Waals surface area contributed by atoms with Gasteiger partial charge >= 0.3 is 0 Å². The molecule has 2 rings (SSSR count). The Hall–Kier alpha value is -2.36. The van der Waals surface area contributed by atoms with Crippen molar-refractivity contribution in [3.05, 3.63) is 59.4 Å². The lowest BCUT2D eigenvalue weighted by Crippen LogP contribution is -2.13.